The minimum Gasteiger partial charge on any atom is -0.208 e. The molecule has 0 aliphatic carbocycles. The van der Waals surface area contributed by atoms with Crippen LogP contribution in [-0.4, -0.2) is 35.1 Å². The van der Waals surface area contributed by atoms with E-state index in [1.165, 1.54) is 149 Å². The van der Waals surface area contributed by atoms with Crippen LogP contribution in [-0.2, 0) is 0 Å². The summed E-state index contributed by atoms with van der Waals surface area (Å²) in [4.78, 5) is 16.7. The number of benzene rings is 9. The number of nitrogens with zero attached hydrogens (tertiary/aromatic N) is 3. The zero-order valence-electron chi connectivity index (χ0n) is 51.4. The zero-order valence-corrected chi connectivity index (χ0v) is 51.4. The minimum absolute atomic E-state index is 0.0149. The number of aryl methyl sites for hydroxylation is 18. The van der Waals surface area contributed by atoms with Gasteiger partial charge in [0, 0.05) is 16.7 Å². The average Bonchev–Trinajstić information content (AvgIpc) is 3.37. The molecule has 10 rings (SSSR count). The second kappa shape index (κ2) is 22.6. The summed E-state index contributed by atoms with van der Waals surface area (Å²) in [6.07, 6.45) is 0. The minimum atomic E-state index is -0.0149. The normalized spacial score (nSPS) is 11.3. The quantitative estimate of drug-likeness (QED) is 0.114. The zero-order chi connectivity index (χ0) is 57.9. The van der Waals surface area contributed by atoms with Gasteiger partial charge in [0.15, 0.2) is 17.5 Å². The van der Waals surface area contributed by atoms with Crippen molar-refractivity contribution in [1.82, 2.24) is 15.0 Å². The van der Waals surface area contributed by atoms with Crippen molar-refractivity contribution >= 4 is 69.3 Å². The standard InChI is InChI=1S/C75H78B3N3/c1-43-28-49(7)67(50(8)29-43)76(68-51(9)30-44(2)31-52(68)10)64-25-19-22-61(40-64)73-79-74(62-23-20-26-65(41-62)77(69-53(11)32-45(3)33-54(69)12)70-55(13)34-46(4)35-56(70)14)81-75(80-73)63-24-21-27-66(42-63)78(71-57(15)36-47(5)37-58(71)16)72-59(17)38-48(6)39-60(72)18/h19-42H,1-18H3. The molecular formula is C75H78B3N3. The van der Waals surface area contributed by atoms with Crippen molar-refractivity contribution in [1.29, 1.82) is 0 Å². The van der Waals surface area contributed by atoms with Crippen LogP contribution < -0.4 is 49.2 Å². The molecule has 0 radical (unpaired) electrons. The molecule has 0 amide bonds. The Labute approximate surface area is 486 Å². The SMILES string of the molecule is Cc1cc(C)c(B(c2cccc(-c3nc(-c4cccc(B(c5c(C)cc(C)cc5C)c5c(C)cc(C)cc5C)c4)nc(-c4cccc(B(c5c(C)cc(C)cc5C)c5c(C)cc(C)cc5C)c4)n3)c2)c2c(C)cc(C)cc2C)c(C)c1. The molecule has 81 heavy (non-hydrogen) atoms. The van der Waals surface area contributed by atoms with Crippen molar-refractivity contribution in [2.45, 2.75) is 125 Å². The second-order valence-corrected chi connectivity index (χ2v) is 24.4. The van der Waals surface area contributed by atoms with E-state index < -0.39 is 0 Å². The molecule has 9 aromatic carbocycles. The van der Waals surface area contributed by atoms with Crippen molar-refractivity contribution in [2.24, 2.45) is 0 Å². The molecule has 0 saturated carbocycles. The van der Waals surface area contributed by atoms with E-state index in [1.54, 1.807) is 0 Å². The van der Waals surface area contributed by atoms with E-state index >= 15 is 0 Å². The molecular weight excluding hydrogens is 975 g/mol. The lowest BCUT2D eigenvalue weighted by Crippen LogP contribution is -2.55. The monoisotopic (exact) mass is 1050 g/mol. The molecule has 1 aromatic heterocycles. The molecule has 0 bridgehead atoms. The number of aromatic nitrogens is 3. The van der Waals surface area contributed by atoms with Crippen LogP contribution in [0.2, 0.25) is 0 Å². The third kappa shape index (κ3) is 11.2. The summed E-state index contributed by atoms with van der Waals surface area (Å²) in [5.74, 6) is 1.92. The van der Waals surface area contributed by atoms with Crippen LogP contribution in [0.3, 0.4) is 0 Å². The van der Waals surface area contributed by atoms with Crippen LogP contribution in [0.4, 0.5) is 0 Å². The molecule has 10 aromatic rings. The average molecular weight is 1050 g/mol. The topological polar surface area (TPSA) is 38.7 Å². The molecule has 0 aliphatic rings. The smallest absolute Gasteiger partial charge is 0.208 e. The summed E-state index contributed by atoms with van der Waals surface area (Å²) >= 11 is 0. The van der Waals surface area contributed by atoms with E-state index in [0.29, 0.717) is 17.5 Å². The van der Waals surface area contributed by atoms with Gasteiger partial charge in [-0.3, -0.25) is 0 Å². The molecule has 0 spiro atoms. The van der Waals surface area contributed by atoms with E-state index in [4.69, 9.17) is 15.0 Å². The highest BCUT2D eigenvalue weighted by Gasteiger charge is 2.33. The van der Waals surface area contributed by atoms with E-state index in [2.05, 4.69) is 270 Å². The fourth-order valence-corrected chi connectivity index (χ4v) is 14.6. The van der Waals surface area contributed by atoms with Gasteiger partial charge in [0.05, 0.1) is 0 Å². The van der Waals surface area contributed by atoms with Crippen LogP contribution in [0, 0.1) is 125 Å². The summed E-state index contributed by atoms with van der Waals surface area (Å²) in [7, 11) is 0. The third-order valence-electron chi connectivity index (χ3n) is 17.2. The number of hydrogen-bond donors (Lipinski definition) is 0. The van der Waals surface area contributed by atoms with Gasteiger partial charge >= 0.3 is 0 Å². The molecule has 0 unspecified atom stereocenters. The Balaban J connectivity index is 1.22. The van der Waals surface area contributed by atoms with E-state index in [0.717, 1.165) is 16.7 Å². The maximum absolute atomic E-state index is 5.57. The maximum Gasteiger partial charge on any atom is 0.242 e. The highest BCUT2D eigenvalue weighted by molar-refractivity contribution is 6.98. The summed E-state index contributed by atoms with van der Waals surface area (Å²) < 4.78 is 0. The van der Waals surface area contributed by atoms with Gasteiger partial charge in [-0.15, -0.1) is 0 Å². The first kappa shape index (κ1) is 56.5. The molecule has 0 fully saturated rings. The van der Waals surface area contributed by atoms with E-state index in [1.807, 2.05) is 0 Å². The summed E-state index contributed by atoms with van der Waals surface area (Å²) in [5, 5.41) is 0. The molecule has 0 N–H and O–H groups in total. The predicted octanol–water partition coefficient (Wildman–Crippen LogP) is 12.0. The molecule has 3 nitrogen and oxygen atoms in total. The highest BCUT2D eigenvalue weighted by Crippen LogP contribution is 2.26. The summed E-state index contributed by atoms with van der Waals surface area (Å²) in [6, 6.07) is 55.2. The Morgan fingerprint density at radius 3 is 0.531 bits per heavy atom. The van der Waals surface area contributed by atoms with Gasteiger partial charge < -0.3 is 0 Å². The van der Waals surface area contributed by atoms with Crippen LogP contribution in [0.15, 0.2) is 146 Å². The lowest BCUT2D eigenvalue weighted by molar-refractivity contribution is 1.07. The third-order valence-corrected chi connectivity index (χ3v) is 17.2. The van der Waals surface area contributed by atoms with Crippen LogP contribution in [0.25, 0.3) is 34.2 Å². The van der Waals surface area contributed by atoms with Crippen molar-refractivity contribution < 1.29 is 0 Å². The molecule has 0 aliphatic heterocycles. The largest absolute Gasteiger partial charge is 0.242 e. The van der Waals surface area contributed by atoms with Crippen LogP contribution >= 0.6 is 0 Å². The van der Waals surface area contributed by atoms with Gasteiger partial charge in [-0.1, -0.05) is 295 Å². The molecule has 6 heteroatoms. The van der Waals surface area contributed by atoms with Crippen molar-refractivity contribution in [3.8, 4) is 34.2 Å². The van der Waals surface area contributed by atoms with Gasteiger partial charge in [0.2, 0.25) is 20.1 Å². The first-order chi connectivity index (χ1) is 38.5. The Morgan fingerprint density at radius 1 is 0.210 bits per heavy atom. The van der Waals surface area contributed by atoms with E-state index in [9.17, 15) is 0 Å². The van der Waals surface area contributed by atoms with Gasteiger partial charge in [-0.05, 0) is 125 Å². The fraction of sp³-hybridized carbons (Fsp3) is 0.240. The van der Waals surface area contributed by atoms with Crippen molar-refractivity contribution in [2.75, 3.05) is 0 Å². The van der Waals surface area contributed by atoms with Gasteiger partial charge in [0.1, 0.15) is 0 Å². The van der Waals surface area contributed by atoms with Gasteiger partial charge in [0.25, 0.3) is 0 Å². The lowest BCUT2D eigenvalue weighted by atomic mass is 9.34. The Hall–Kier alpha value is -7.82. The Kier molecular flexibility index (Phi) is 15.8. The summed E-state index contributed by atoms with van der Waals surface area (Å²) in [6.45, 7) is 40.5. The van der Waals surface area contributed by atoms with Gasteiger partial charge in [-0.2, -0.15) is 0 Å². The van der Waals surface area contributed by atoms with Crippen molar-refractivity contribution in [3.05, 3.63) is 246 Å². The second-order valence-electron chi connectivity index (χ2n) is 24.4. The first-order valence-electron chi connectivity index (χ1n) is 29.1. The maximum atomic E-state index is 5.57. The Morgan fingerprint density at radius 2 is 0.370 bits per heavy atom. The van der Waals surface area contributed by atoms with Crippen LogP contribution in [0.5, 0.6) is 0 Å². The van der Waals surface area contributed by atoms with E-state index in [-0.39, 0.29) is 20.1 Å². The van der Waals surface area contributed by atoms with Crippen molar-refractivity contribution in [3.63, 3.8) is 0 Å². The fourth-order valence-electron chi connectivity index (χ4n) is 14.6. The highest BCUT2D eigenvalue weighted by atomic mass is 15.0. The first-order valence-corrected chi connectivity index (χ1v) is 29.1. The van der Waals surface area contributed by atoms with Crippen LogP contribution in [0.1, 0.15) is 100 Å². The number of hydrogen-bond acceptors (Lipinski definition) is 3. The molecule has 0 atom stereocenters. The lowest BCUT2D eigenvalue weighted by Gasteiger charge is -2.25. The Bertz CT molecular complexity index is 3380. The molecule has 1 heterocycles. The predicted molar refractivity (Wildman–Crippen MR) is 354 cm³/mol. The molecule has 0 saturated heterocycles. The summed E-state index contributed by atoms with van der Waals surface area (Å²) in [5.41, 5.74) is 37.7. The molecule has 402 valence electrons. The van der Waals surface area contributed by atoms with Gasteiger partial charge in [-0.25, -0.2) is 15.0 Å². The number of rotatable bonds is 12.